The number of nitriles is 2. The quantitative estimate of drug-likeness (QED) is 0.0135. The van der Waals surface area contributed by atoms with Crippen molar-refractivity contribution < 1.29 is 57.2 Å². The van der Waals surface area contributed by atoms with E-state index in [1.165, 1.54) is 0 Å². The molecular formula is C57H51Cl3N6O12. The molecule has 0 aromatic heterocycles. The highest BCUT2D eigenvalue weighted by atomic mass is 35.5. The van der Waals surface area contributed by atoms with Crippen molar-refractivity contribution in [2.75, 3.05) is 75.5 Å². The SMILES string of the molecule is [C-]#[N+]/C(C(=O)OCCCOC(=O)C=C)=C(/Cl)c1ccc(N(C)c2cc(N(C)c3ccc(/C(Cl)=C(\C#N)C(=O)OCCCOC(=O)C=C)cc3)cc(N(C)c3ccc(/C(Cl)=C(\C#N)C(=O)OCCCOC(=O)C=C)cc3)c2)cc1. The highest BCUT2D eigenvalue weighted by Crippen LogP contribution is 2.39. The third-order valence-electron chi connectivity index (χ3n) is 11.0. The maximum atomic E-state index is 12.8. The highest BCUT2D eigenvalue weighted by molar-refractivity contribution is 6.52. The normalized spacial score (nSPS) is 11.4. The number of anilines is 6. The molecule has 0 radical (unpaired) electrons. The van der Waals surface area contributed by atoms with Crippen molar-refractivity contribution in [2.45, 2.75) is 19.3 Å². The lowest BCUT2D eigenvalue weighted by atomic mass is 10.1. The summed E-state index contributed by atoms with van der Waals surface area (Å²) >= 11 is 19.8. The van der Waals surface area contributed by atoms with Crippen LogP contribution in [0.4, 0.5) is 34.1 Å². The molecule has 0 amide bonds. The number of hydrogen-bond acceptors (Lipinski definition) is 17. The Morgan fingerprint density at radius 2 is 0.744 bits per heavy atom. The summed E-state index contributed by atoms with van der Waals surface area (Å²) in [6, 6.07) is 29.8. The van der Waals surface area contributed by atoms with E-state index in [2.05, 4.69) is 24.6 Å². The van der Waals surface area contributed by atoms with Gasteiger partial charge in [0.2, 0.25) is 0 Å². The molecule has 0 bridgehead atoms. The van der Waals surface area contributed by atoms with Gasteiger partial charge in [-0.2, -0.15) is 10.5 Å². The summed E-state index contributed by atoms with van der Waals surface area (Å²) in [4.78, 5) is 81.3. The molecule has 0 N–H and O–H groups in total. The average molecular weight is 1120 g/mol. The Morgan fingerprint density at radius 1 is 0.474 bits per heavy atom. The molecule has 18 nitrogen and oxygen atoms in total. The summed E-state index contributed by atoms with van der Waals surface area (Å²) in [5, 5.41) is 19.3. The van der Waals surface area contributed by atoms with E-state index in [0.717, 1.165) is 18.2 Å². The van der Waals surface area contributed by atoms with Crippen LogP contribution >= 0.6 is 34.8 Å². The lowest BCUT2D eigenvalue weighted by Gasteiger charge is -2.28. The summed E-state index contributed by atoms with van der Waals surface area (Å²) < 4.78 is 30.2. The van der Waals surface area contributed by atoms with Crippen molar-refractivity contribution in [3.05, 3.63) is 174 Å². The molecule has 0 unspecified atom stereocenters. The summed E-state index contributed by atoms with van der Waals surface area (Å²) in [6.45, 7) is 17.1. The van der Waals surface area contributed by atoms with E-state index in [0.29, 0.717) is 50.8 Å². The van der Waals surface area contributed by atoms with E-state index >= 15 is 0 Å². The second kappa shape index (κ2) is 31.1. The number of carbonyl (C=O) groups is 6. The fourth-order valence-corrected chi connectivity index (χ4v) is 7.40. The van der Waals surface area contributed by atoms with E-state index < -0.39 is 52.7 Å². The summed E-state index contributed by atoms with van der Waals surface area (Å²) in [5.74, 6) is -4.70. The highest BCUT2D eigenvalue weighted by Gasteiger charge is 2.22. The molecule has 0 aliphatic heterocycles. The third kappa shape index (κ3) is 17.5. The molecule has 0 saturated carbocycles. The largest absolute Gasteiger partial charge is 0.470 e. The van der Waals surface area contributed by atoms with Crippen molar-refractivity contribution in [1.29, 1.82) is 10.5 Å². The van der Waals surface area contributed by atoms with Crippen molar-refractivity contribution in [3.8, 4) is 12.1 Å². The Hall–Kier alpha value is -9.12. The molecule has 4 aromatic rings. The van der Waals surface area contributed by atoms with Gasteiger partial charge in [0.25, 0.3) is 5.70 Å². The van der Waals surface area contributed by atoms with Gasteiger partial charge in [-0.3, -0.25) is 4.79 Å². The summed E-state index contributed by atoms with van der Waals surface area (Å²) in [7, 11) is 5.50. The molecule has 4 aromatic carbocycles. The van der Waals surface area contributed by atoms with Crippen LogP contribution in [0, 0.1) is 29.2 Å². The molecule has 0 fully saturated rings. The zero-order valence-corrected chi connectivity index (χ0v) is 44.9. The first kappa shape index (κ1) is 61.4. The topological polar surface area (TPSA) is 219 Å². The number of rotatable bonds is 27. The Morgan fingerprint density at radius 3 is 1.01 bits per heavy atom. The number of esters is 6. The second-order valence-electron chi connectivity index (χ2n) is 16.0. The van der Waals surface area contributed by atoms with Gasteiger partial charge in [-0.1, -0.05) is 90.9 Å². The predicted molar refractivity (Wildman–Crippen MR) is 296 cm³/mol. The number of benzene rings is 4. The zero-order valence-electron chi connectivity index (χ0n) is 42.6. The van der Waals surface area contributed by atoms with Crippen molar-refractivity contribution in [2.24, 2.45) is 0 Å². The molecule has 0 heterocycles. The first-order valence-corrected chi connectivity index (χ1v) is 24.5. The van der Waals surface area contributed by atoms with E-state index in [1.807, 2.05) is 66.2 Å². The molecule has 0 saturated heterocycles. The molecular weight excluding hydrogens is 1070 g/mol. The van der Waals surface area contributed by atoms with Crippen LogP contribution in [-0.4, -0.2) is 96.6 Å². The van der Waals surface area contributed by atoms with Gasteiger partial charge in [-0.15, -0.1) is 0 Å². The van der Waals surface area contributed by atoms with E-state index in [9.17, 15) is 39.3 Å². The van der Waals surface area contributed by atoms with Gasteiger partial charge < -0.3 is 43.1 Å². The van der Waals surface area contributed by atoms with Gasteiger partial charge in [-0.25, -0.2) is 28.8 Å². The molecule has 0 atom stereocenters. The van der Waals surface area contributed by atoms with Gasteiger partial charge in [0.15, 0.2) is 11.1 Å². The average Bonchev–Trinajstić information content (AvgIpc) is 3.47. The maximum absolute atomic E-state index is 12.8. The van der Waals surface area contributed by atoms with Crippen LogP contribution in [0.15, 0.2) is 146 Å². The number of hydrogen-bond donors (Lipinski definition) is 0. The van der Waals surface area contributed by atoms with Crippen molar-refractivity contribution in [1.82, 2.24) is 0 Å². The fourth-order valence-electron chi connectivity index (χ4n) is 6.66. The molecule has 4 rings (SSSR count). The minimum atomic E-state index is -0.947. The van der Waals surface area contributed by atoms with Crippen LogP contribution < -0.4 is 14.7 Å². The first-order valence-electron chi connectivity index (χ1n) is 23.4. The standard InChI is InChI=1S/C57H51Cl3N6O12/c1-8-48(67)73-26-11-29-76-55(70)46(35-61)51(58)37-14-20-40(21-15-37)64(5)43-32-44(65(6)41-22-16-38(17-23-41)52(59)47(36-62)56(71)77-30-12-27-74-49(68)9-2)34-45(33-43)66(7)42-24-18-39(19-25-42)53(60)54(63-4)57(72)78-31-13-28-75-50(69)10-3/h8-10,14-25,32-34H,1-3,11-13,26-31H2,5-7H3/b51-46-,52-47-,54-53+. The van der Waals surface area contributed by atoms with Gasteiger partial charge in [0.1, 0.15) is 12.1 Å². The van der Waals surface area contributed by atoms with Crippen LogP contribution in [0.5, 0.6) is 0 Å². The molecule has 402 valence electrons. The molecule has 0 spiro atoms. The van der Waals surface area contributed by atoms with E-state index in [1.54, 1.807) is 72.8 Å². The van der Waals surface area contributed by atoms with E-state index in [4.69, 9.17) is 69.8 Å². The van der Waals surface area contributed by atoms with Crippen LogP contribution in [0.2, 0.25) is 0 Å². The van der Waals surface area contributed by atoms with Gasteiger partial charge in [0, 0.05) is 92.8 Å². The first-order chi connectivity index (χ1) is 37.4. The number of ether oxygens (including phenoxy) is 6. The monoisotopic (exact) mass is 1120 g/mol. The Kier molecular flexibility index (Phi) is 24.5. The van der Waals surface area contributed by atoms with Crippen LogP contribution in [0.3, 0.4) is 0 Å². The Balaban J connectivity index is 1.67. The lowest BCUT2D eigenvalue weighted by molar-refractivity contribution is -0.142. The van der Waals surface area contributed by atoms with Crippen LogP contribution in [0.1, 0.15) is 36.0 Å². The van der Waals surface area contributed by atoms with Gasteiger partial charge in [-0.05, 0) is 71.3 Å². The molecule has 0 aliphatic carbocycles. The smallest absolute Gasteiger partial charge is 0.350 e. The fraction of sp³-hybridized carbons (Fsp3) is 0.211. The number of carbonyl (C=O) groups excluding carboxylic acids is 6. The zero-order chi connectivity index (χ0) is 57.3. The molecule has 0 aliphatic rings. The minimum absolute atomic E-state index is 0.0157. The molecule has 78 heavy (non-hydrogen) atoms. The number of halogens is 3. The molecule has 21 heteroatoms. The van der Waals surface area contributed by atoms with Crippen molar-refractivity contribution in [3.63, 3.8) is 0 Å². The maximum Gasteiger partial charge on any atom is 0.350 e. The van der Waals surface area contributed by atoms with Crippen molar-refractivity contribution >= 4 is 120 Å². The Labute approximate surface area is 466 Å². The third-order valence-corrected chi connectivity index (χ3v) is 12.2. The summed E-state index contributed by atoms with van der Waals surface area (Å²) in [5.41, 5.74) is 3.93. The van der Waals surface area contributed by atoms with Crippen LogP contribution in [0.25, 0.3) is 19.9 Å². The Bertz CT molecular complexity index is 2790. The van der Waals surface area contributed by atoms with E-state index in [-0.39, 0.29) is 74.0 Å². The van der Waals surface area contributed by atoms with Crippen LogP contribution in [-0.2, 0) is 57.2 Å². The van der Waals surface area contributed by atoms with Gasteiger partial charge in [0.05, 0.1) is 61.3 Å². The summed E-state index contributed by atoms with van der Waals surface area (Å²) in [6.07, 6.45) is 3.60. The minimum Gasteiger partial charge on any atom is -0.470 e. The lowest BCUT2D eigenvalue weighted by Crippen LogP contribution is -2.16. The second-order valence-corrected chi connectivity index (χ2v) is 17.1. The van der Waals surface area contributed by atoms with Gasteiger partial charge >= 0.3 is 35.8 Å². The number of nitrogens with zero attached hydrogens (tertiary/aromatic N) is 6. The predicted octanol–water partition coefficient (Wildman–Crippen LogP) is 10.8.